The maximum atomic E-state index is 12.5. The van der Waals surface area contributed by atoms with Crippen molar-refractivity contribution in [3.8, 4) is 11.3 Å². The van der Waals surface area contributed by atoms with Crippen LogP contribution < -0.4 is 16.6 Å². The van der Waals surface area contributed by atoms with Crippen molar-refractivity contribution in [2.75, 3.05) is 26.2 Å². The van der Waals surface area contributed by atoms with E-state index in [1.165, 1.54) is 43.1 Å². The van der Waals surface area contributed by atoms with Crippen LogP contribution in [-0.4, -0.2) is 56.7 Å². The van der Waals surface area contributed by atoms with Crippen LogP contribution in [0.2, 0.25) is 0 Å². The van der Waals surface area contributed by atoms with Gasteiger partial charge in [-0.2, -0.15) is 5.10 Å². The Bertz CT molecular complexity index is 1460. The molecule has 4 aromatic rings. The van der Waals surface area contributed by atoms with E-state index >= 15 is 0 Å². The van der Waals surface area contributed by atoms with Gasteiger partial charge < -0.3 is 20.2 Å². The highest BCUT2D eigenvalue weighted by Crippen LogP contribution is 2.17. The molecule has 0 atom stereocenters. The number of hydrogen-bond acceptors (Lipinski definition) is 5. The number of benzene rings is 2. The minimum Gasteiger partial charge on any atom is -0.352 e. The molecule has 0 radical (unpaired) electrons. The average Bonchev–Trinajstić information content (AvgIpc) is 3.28. The van der Waals surface area contributed by atoms with Gasteiger partial charge in [0.2, 0.25) is 0 Å². The summed E-state index contributed by atoms with van der Waals surface area (Å²) >= 11 is 0. The van der Waals surface area contributed by atoms with Crippen molar-refractivity contribution >= 4 is 16.9 Å². The zero-order chi connectivity index (χ0) is 24.9. The molecular formula is C27H30N6O3. The van der Waals surface area contributed by atoms with Crippen LogP contribution in [0.4, 0.5) is 0 Å². The van der Waals surface area contributed by atoms with E-state index in [9.17, 15) is 14.4 Å². The molecule has 1 amide bonds. The Morgan fingerprint density at radius 3 is 2.50 bits per heavy atom. The van der Waals surface area contributed by atoms with Gasteiger partial charge in [-0.05, 0) is 74.8 Å². The number of aromatic nitrogens is 4. The van der Waals surface area contributed by atoms with E-state index in [2.05, 4.69) is 25.3 Å². The molecule has 1 aliphatic heterocycles. The fourth-order valence-electron chi connectivity index (χ4n) is 4.65. The Hall–Kier alpha value is -3.98. The number of imidazole rings is 1. The van der Waals surface area contributed by atoms with Crippen LogP contribution in [0.15, 0.2) is 64.2 Å². The third-order valence-corrected chi connectivity index (χ3v) is 6.61. The zero-order valence-corrected chi connectivity index (χ0v) is 20.1. The molecule has 0 aliphatic carbocycles. The lowest BCUT2D eigenvalue weighted by Crippen LogP contribution is -2.33. The average molecular weight is 487 g/mol. The summed E-state index contributed by atoms with van der Waals surface area (Å²) in [6.45, 7) is 4.29. The molecule has 9 heteroatoms. The summed E-state index contributed by atoms with van der Waals surface area (Å²) in [5.74, 6) is -0.0867. The molecule has 2 aromatic heterocycles. The third kappa shape index (κ3) is 5.63. The number of likely N-dealkylation sites (tertiary alicyclic amines) is 1. The highest BCUT2D eigenvalue weighted by molar-refractivity contribution is 5.94. The number of amides is 1. The second-order valence-electron chi connectivity index (χ2n) is 9.26. The molecular weight excluding hydrogens is 456 g/mol. The van der Waals surface area contributed by atoms with E-state index in [1.54, 1.807) is 24.3 Å². The maximum absolute atomic E-state index is 12.5. The van der Waals surface area contributed by atoms with Crippen LogP contribution in [0.3, 0.4) is 0 Å². The number of H-pyrrole nitrogens is 2. The van der Waals surface area contributed by atoms with E-state index < -0.39 is 0 Å². The summed E-state index contributed by atoms with van der Waals surface area (Å²) in [6.07, 6.45) is 4.82. The Morgan fingerprint density at radius 1 is 0.917 bits per heavy atom. The summed E-state index contributed by atoms with van der Waals surface area (Å²) < 4.78 is 1.39. The second kappa shape index (κ2) is 10.7. The Labute approximate surface area is 208 Å². The molecule has 0 saturated carbocycles. The fraction of sp³-hybridized carbons (Fsp3) is 0.333. The quantitative estimate of drug-likeness (QED) is 0.331. The molecule has 0 spiro atoms. The van der Waals surface area contributed by atoms with Crippen LogP contribution in [-0.2, 0) is 6.54 Å². The van der Waals surface area contributed by atoms with E-state index in [-0.39, 0.29) is 23.7 Å². The molecule has 3 heterocycles. The number of rotatable bonds is 8. The van der Waals surface area contributed by atoms with Crippen molar-refractivity contribution < 1.29 is 4.79 Å². The predicted octanol–water partition coefficient (Wildman–Crippen LogP) is 2.73. The minimum atomic E-state index is -0.269. The molecule has 1 aliphatic rings. The second-order valence-corrected chi connectivity index (χ2v) is 9.26. The van der Waals surface area contributed by atoms with E-state index in [4.69, 9.17) is 0 Å². The van der Waals surface area contributed by atoms with Crippen molar-refractivity contribution in [2.24, 2.45) is 0 Å². The van der Waals surface area contributed by atoms with Crippen LogP contribution >= 0.6 is 0 Å². The monoisotopic (exact) mass is 486 g/mol. The molecule has 0 bridgehead atoms. The maximum Gasteiger partial charge on any atom is 0.323 e. The number of hydrogen-bond donors (Lipinski definition) is 3. The Balaban J connectivity index is 1.21. The number of nitrogens with one attached hydrogen (secondary N) is 3. The molecule has 5 rings (SSSR count). The van der Waals surface area contributed by atoms with Gasteiger partial charge in [0, 0.05) is 23.7 Å². The molecule has 186 valence electrons. The number of carbonyl (C=O) groups excluding carboxylic acids is 1. The first-order chi connectivity index (χ1) is 17.5. The molecule has 1 fully saturated rings. The Kier molecular flexibility index (Phi) is 7.08. The standard InChI is InChI=1S/C27H30N6O3/c34-25-12-11-22(31-33(25)18-19-5-10-23-24(17-19)30-27(36)29-23)20-6-8-21(9-7-20)26(35)28-13-4-16-32-14-2-1-3-15-32/h5-12,17H,1-4,13-16,18H2,(H,28,35)(H2,29,30,36). The molecule has 3 N–H and O–H groups in total. The van der Waals surface area contributed by atoms with E-state index in [0.717, 1.165) is 24.1 Å². The smallest absolute Gasteiger partial charge is 0.323 e. The predicted molar refractivity (Wildman–Crippen MR) is 139 cm³/mol. The van der Waals surface area contributed by atoms with Gasteiger partial charge in [0.25, 0.3) is 11.5 Å². The van der Waals surface area contributed by atoms with Crippen LogP contribution in [0.1, 0.15) is 41.6 Å². The lowest BCUT2D eigenvalue weighted by Gasteiger charge is -2.26. The lowest BCUT2D eigenvalue weighted by atomic mass is 10.1. The Morgan fingerprint density at radius 2 is 1.69 bits per heavy atom. The van der Waals surface area contributed by atoms with E-state index in [1.807, 2.05) is 24.3 Å². The lowest BCUT2D eigenvalue weighted by molar-refractivity contribution is 0.0951. The third-order valence-electron chi connectivity index (χ3n) is 6.61. The first-order valence-electron chi connectivity index (χ1n) is 12.5. The van der Waals surface area contributed by atoms with Crippen LogP contribution in [0, 0.1) is 0 Å². The number of fused-ring (bicyclic) bond motifs is 1. The van der Waals surface area contributed by atoms with Crippen molar-refractivity contribution in [3.05, 3.63) is 86.6 Å². The van der Waals surface area contributed by atoms with Gasteiger partial charge in [0.05, 0.1) is 23.3 Å². The molecule has 9 nitrogen and oxygen atoms in total. The van der Waals surface area contributed by atoms with Crippen LogP contribution in [0.25, 0.3) is 22.3 Å². The van der Waals surface area contributed by atoms with Gasteiger partial charge in [-0.1, -0.05) is 24.6 Å². The first-order valence-corrected chi connectivity index (χ1v) is 12.5. The fourth-order valence-corrected chi connectivity index (χ4v) is 4.65. The number of carbonyl (C=O) groups is 1. The summed E-state index contributed by atoms with van der Waals surface area (Å²) in [5.41, 5.74) is 3.80. The van der Waals surface area contributed by atoms with Gasteiger partial charge in [0.15, 0.2) is 0 Å². The number of nitrogens with zero attached hydrogens (tertiary/aromatic N) is 3. The summed E-state index contributed by atoms with van der Waals surface area (Å²) in [6, 6.07) is 15.9. The van der Waals surface area contributed by atoms with Gasteiger partial charge in [-0.15, -0.1) is 0 Å². The highest BCUT2D eigenvalue weighted by atomic mass is 16.2. The van der Waals surface area contributed by atoms with Gasteiger partial charge in [0.1, 0.15) is 0 Å². The summed E-state index contributed by atoms with van der Waals surface area (Å²) in [7, 11) is 0. The van der Waals surface area contributed by atoms with Gasteiger partial charge >= 0.3 is 5.69 Å². The molecule has 2 aromatic carbocycles. The molecule has 36 heavy (non-hydrogen) atoms. The summed E-state index contributed by atoms with van der Waals surface area (Å²) in [5, 5.41) is 7.53. The number of aromatic amines is 2. The van der Waals surface area contributed by atoms with E-state index in [0.29, 0.717) is 28.8 Å². The first kappa shape index (κ1) is 23.7. The van der Waals surface area contributed by atoms with Gasteiger partial charge in [-0.3, -0.25) is 9.59 Å². The highest BCUT2D eigenvalue weighted by Gasteiger charge is 2.11. The topological polar surface area (TPSA) is 116 Å². The minimum absolute atomic E-state index is 0.0867. The molecule has 1 saturated heterocycles. The normalized spacial score (nSPS) is 14.2. The zero-order valence-electron chi connectivity index (χ0n) is 20.1. The van der Waals surface area contributed by atoms with Crippen molar-refractivity contribution in [2.45, 2.75) is 32.2 Å². The van der Waals surface area contributed by atoms with Crippen molar-refractivity contribution in [3.63, 3.8) is 0 Å². The largest absolute Gasteiger partial charge is 0.352 e. The van der Waals surface area contributed by atoms with Gasteiger partial charge in [-0.25, -0.2) is 9.48 Å². The van der Waals surface area contributed by atoms with Crippen molar-refractivity contribution in [1.29, 1.82) is 0 Å². The number of piperidine rings is 1. The summed E-state index contributed by atoms with van der Waals surface area (Å²) in [4.78, 5) is 44.4. The van der Waals surface area contributed by atoms with Crippen LogP contribution in [0.5, 0.6) is 0 Å². The molecule has 0 unspecified atom stereocenters. The SMILES string of the molecule is O=C(NCCCN1CCCCC1)c1ccc(-c2ccc(=O)n(Cc3ccc4[nH]c(=O)[nH]c4c3)n2)cc1. The van der Waals surface area contributed by atoms with Crippen molar-refractivity contribution in [1.82, 2.24) is 30.0 Å².